The molecule has 0 aliphatic rings. The molecule has 2 rings (SSSR count). The largest absolute Gasteiger partial charge is 0.497 e. The topological polar surface area (TPSA) is 18.5 Å². The van der Waals surface area contributed by atoms with Gasteiger partial charge in [0.1, 0.15) is 29.7 Å². The molecule has 0 fully saturated rings. The van der Waals surface area contributed by atoms with Gasteiger partial charge in [-0.1, -0.05) is 0 Å². The minimum Gasteiger partial charge on any atom is -0.497 e. The molecule has 0 spiro atoms. The van der Waals surface area contributed by atoms with Gasteiger partial charge in [0.2, 0.25) is 0 Å². The van der Waals surface area contributed by atoms with E-state index in [4.69, 9.17) is 9.47 Å². The normalized spacial score (nSPS) is 10.2. The van der Waals surface area contributed by atoms with Crippen molar-refractivity contribution in [2.75, 3.05) is 7.11 Å². The van der Waals surface area contributed by atoms with Gasteiger partial charge >= 0.3 is 0 Å². The van der Waals surface area contributed by atoms with Crippen LogP contribution in [-0.4, -0.2) is 7.11 Å². The third-order valence-electron chi connectivity index (χ3n) is 2.47. The molecule has 2 nitrogen and oxygen atoms in total. The summed E-state index contributed by atoms with van der Waals surface area (Å²) in [6.07, 6.45) is 0. The second-order valence-corrected chi connectivity index (χ2v) is 3.70. The highest BCUT2D eigenvalue weighted by molar-refractivity contribution is 5.29. The first-order valence-corrected chi connectivity index (χ1v) is 5.40. The first-order chi connectivity index (χ1) is 8.69. The van der Waals surface area contributed by atoms with Crippen LogP contribution in [0.5, 0.6) is 11.5 Å². The molecule has 0 aromatic heterocycles. The van der Waals surface area contributed by atoms with Gasteiger partial charge in [-0.25, -0.2) is 8.78 Å². The van der Waals surface area contributed by atoms with Crippen molar-refractivity contribution in [1.29, 1.82) is 0 Å². The highest BCUT2D eigenvalue weighted by atomic mass is 19.1. The predicted octanol–water partition coefficient (Wildman–Crippen LogP) is 3.55. The van der Waals surface area contributed by atoms with Crippen molar-refractivity contribution in [3.63, 3.8) is 0 Å². The monoisotopic (exact) mass is 250 g/mol. The van der Waals surface area contributed by atoms with E-state index in [9.17, 15) is 8.78 Å². The van der Waals surface area contributed by atoms with Crippen molar-refractivity contribution in [2.24, 2.45) is 0 Å². The summed E-state index contributed by atoms with van der Waals surface area (Å²) >= 11 is 0. The summed E-state index contributed by atoms with van der Waals surface area (Å²) in [5, 5.41) is 0. The lowest BCUT2D eigenvalue weighted by atomic mass is 10.2. The molecular weight excluding hydrogens is 238 g/mol. The molecule has 0 amide bonds. The van der Waals surface area contributed by atoms with Crippen LogP contribution in [-0.2, 0) is 6.61 Å². The van der Waals surface area contributed by atoms with E-state index in [1.165, 1.54) is 37.4 Å². The lowest BCUT2D eigenvalue weighted by Crippen LogP contribution is -1.99. The lowest BCUT2D eigenvalue weighted by molar-refractivity contribution is 0.299. The maximum absolute atomic E-state index is 13.6. The zero-order chi connectivity index (χ0) is 13.0. The van der Waals surface area contributed by atoms with Crippen LogP contribution in [0, 0.1) is 11.6 Å². The summed E-state index contributed by atoms with van der Waals surface area (Å²) in [6, 6.07) is 10.1. The van der Waals surface area contributed by atoms with E-state index in [-0.39, 0.29) is 12.4 Å². The Morgan fingerprint density at radius 3 is 2.22 bits per heavy atom. The predicted molar refractivity (Wildman–Crippen MR) is 63.7 cm³/mol. The van der Waals surface area contributed by atoms with Crippen molar-refractivity contribution in [3.05, 3.63) is 59.7 Å². The van der Waals surface area contributed by atoms with Crippen molar-refractivity contribution < 1.29 is 18.3 Å². The van der Waals surface area contributed by atoms with Gasteiger partial charge in [-0.15, -0.1) is 0 Å². The van der Waals surface area contributed by atoms with Gasteiger partial charge < -0.3 is 9.47 Å². The smallest absolute Gasteiger partial charge is 0.133 e. The van der Waals surface area contributed by atoms with E-state index in [1.54, 1.807) is 12.1 Å². The number of methoxy groups -OCH3 is 1. The van der Waals surface area contributed by atoms with E-state index in [1.807, 2.05) is 0 Å². The van der Waals surface area contributed by atoms with Gasteiger partial charge in [-0.2, -0.15) is 0 Å². The van der Waals surface area contributed by atoms with Crippen molar-refractivity contribution in [1.82, 2.24) is 0 Å². The quantitative estimate of drug-likeness (QED) is 0.826. The third kappa shape index (κ3) is 2.97. The summed E-state index contributed by atoms with van der Waals surface area (Å²) in [7, 11) is 1.48. The number of rotatable bonds is 4. The Kier molecular flexibility index (Phi) is 3.77. The molecule has 0 aliphatic carbocycles. The molecule has 0 saturated heterocycles. The maximum atomic E-state index is 13.6. The van der Waals surface area contributed by atoms with Crippen molar-refractivity contribution >= 4 is 0 Å². The second kappa shape index (κ2) is 5.49. The number of halogens is 2. The van der Waals surface area contributed by atoms with Crippen LogP contribution < -0.4 is 9.47 Å². The Morgan fingerprint density at radius 2 is 1.61 bits per heavy atom. The van der Waals surface area contributed by atoms with Gasteiger partial charge in [-0.3, -0.25) is 0 Å². The average Bonchev–Trinajstić information content (AvgIpc) is 2.39. The van der Waals surface area contributed by atoms with E-state index >= 15 is 0 Å². The Hall–Kier alpha value is -2.10. The summed E-state index contributed by atoms with van der Waals surface area (Å²) in [4.78, 5) is 0. The van der Waals surface area contributed by atoms with E-state index in [2.05, 4.69) is 0 Å². The highest BCUT2D eigenvalue weighted by Crippen LogP contribution is 2.18. The van der Waals surface area contributed by atoms with Crippen molar-refractivity contribution in [3.8, 4) is 11.5 Å². The van der Waals surface area contributed by atoms with Crippen LogP contribution in [0.3, 0.4) is 0 Å². The molecule has 94 valence electrons. The molecule has 2 aromatic carbocycles. The summed E-state index contributed by atoms with van der Waals surface area (Å²) < 4.78 is 36.5. The molecule has 18 heavy (non-hydrogen) atoms. The number of hydrogen-bond donors (Lipinski definition) is 0. The SMILES string of the molecule is COc1ccc(COc2ccc(F)cc2)c(F)c1. The van der Waals surface area contributed by atoms with Crippen LogP contribution in [0.2, 0.25) is 0 Å². The van der Waals surface area contributed by atoms with Crippen LogP contribution in [0.25, 0.3) is 0 Å². The van der Waals surface area contributed by atoms with E-state index in [0.29, 0.717) is 17.1 Å². The molecule has 0 saturated carbocycles. The Labute approximate surface area is 104 Å². The van der Waals surface area contributed by atoms with Crippen LogP contribution in [0.4, 0.5) is 8.78 Å². The average molecular weight is 250 g/mol. The summed E-state index contributed by atoms with van der Waals surface area (Å²) in [5.41, 5.74) is 0.417. The molecule has 0 N–H and O–H groups in total. The van der Waals surface area contributed by atoms with Crippen LogP contribution >= 0.6 is 0 Å². The molecule has 0 radical (unpaired) electrons. The number of ether oxygens (including phenoxy) is 2. The fraction of sp³-hybridized carbons (Fsp3) is 0.143. The van der Waals surface area contributed by atoms with E-state index in [0.717, 1.165) is 0 Å². The van der Waals surface area contributed by atoms with Gasteiger partial charge in [-0.05, 0) is 36.4 Å². The van der Waals surface area contributed by atoms with Gasteiger partial charge in [0, 0.05) is 11.6 Å². The van der Waals surface area contributed by atoms with Crippen LogP contribution in [0.15, 0.2) is 42.5 Å². The first kappa shape index (κ1) is 12.4. The molecule has 0 aliphatic heterocycles. The second-order valence-electron chi connectivity index (χ2n) is 3.70. The minimum absolute atomic E-state index is 0.0848. The van der Waals surface area contributed by atoms with Crippen LogP contribution in [0.1, 0.15) is 5.56 Å². The molecule has 0 atom stereocenters. The number of hydrogen-bond acceptors (Lipinski definition) is 2. The van der Waals surface area contributed by atoms with Gasteiger partial charge in [0.05, 0.1) is 7.11 Å². The Morgan fingerprint density at radius 1 is 0.944 bits per heavy atom. The number of benzene rings is 2. The fourth-order valence-corrected chi connectivity index (χ4v) is 1.46. The Bertz CT molecular complexity index is 524. The van der Waals surface area contributed by atoms with Gasteiger partial charge in [0.25, 0.3) is 0 Å². The summed E-state index contributed by atoms with van der Waals surface area (Å²) in [5.74, 6) is 0.221. The highest BCUT2D eigenvalue weighted by Gasteiger charge is 2.05. The Balaban J connectivity index is 2.04. The molecule has 0 unspecified atom stereocenters. The third-order valence-corrected chi connectivity index (χ3v) is 2.47. The molecule has 2 aromatic rings. The molecule has 4 heteroatoms. The maximum Gasteiger partial charge on any atom is 0.133 e. The van der Waals surface area contributed by atoms with E-state index < -0.39 is 5.82 Å². The zero-order valence-electron chi connectivity index (χ0n) is 9.82. The molecule has 0 heterocycles. The molecular formula is C14H12F2O2. The lowest BCUT2D eigenvalue weighted by Gasteiger charge is -2.08. The first-order valence-electron chi connectivity index (χ1n) is 5.40. The minimum atomic E-state index is -0.392. The standard InChI is InChI=1S/C14H12F2O2/c1-17-13-5-2-10(14(16)8-13)9-18-12-6-3-11(15)4-7-12/h2-8H,9H2,1H3. The van der Waals surface area contributed by atoms with Crippen molar-refractivity contribution in [2.45, 2.75) is 6.61 Å². The zero-order valence-corrected chi connectivity index (χ0v) is 9.82. The molecule has 0 bridgehead atoms. The van der Waals surface area contributed by atoms with Gasteiger partial charge in [0.15, 0.2) is 0 Å². The summed E-state index contributed by atoms with van der Waals surface area (Å²) in [6.45, 7) is 0.0848. The fourth-order valence-electron chi connectivity index (χ4n) is 1.46.